The molecule has 1 fully saturated rings. The third kappa shape index (κ3) is 4.72. The van der Waals surface area contributed by atoms with Crippen molar-refractivity contribution in [1.29, 1.82) is 0 Å². The Hall–Kier alpha value is -2.96. The van der Waals surface area contributed by atoms with Gasteiger partial charge < -0.3 is 10.1 Å². The molecule has 0 saturated carbocycles. The van der Waals surface area contributed by atoms with Gasteiger partial charge >= 0.3 is 5.97 Å². The normalized spacial score (nSPS) is 15.5. The average Bonchev–Trinajstić information content (AvgIpc) is 3.19. The molecule has 2 heterocycles. The van der Waals surface area contributed by atoms with Gasteiger partial charge in [-0.3, -0.25) is 4.79 Å². The highest BCUT2D eigenvalue weighted by Gasteiger charge is 2.34. The highest BCUT2D eigenvalue weighted by molar-refractivity contribution is 7.89. The highest BCUT2D eigenvalue weighted by Crippen LogP contribution is 2.30. The van der Waals surface area contributed by atoms with E-state index in [1.165, 1.54) is 18.4 Å². The molecule has 1 aliphatic heterocycles. The molecule has 174 valence electrons. The van der Waals surface area contributed by atoms with Crippen molar-refractivity contribution in [3.8, 4) is 0 Å². The molecule has 0 radical (unpaired) electrons. The molecule has 12 heteroatoms. The van der Waals surface area contributed by atoms with E-state index >= 15 is 0 Å². The minimum atomic E-state index is -4.14. The number of nitrogens with zero attached hydrogens (tertiary/aromatic N) is 2. The Morgan fingerprint density at radius 1 is 1.15 bits per heavy atom. The Bertz CT molecular complexity index is 1330. The lowest BCUT2D eigenvalue weighted by Gasteiger charge is -2.30. The first-order chi connectivity index (χ1) is 15.7. The van der Waals surface area contributed by atoms with Crippen molar-refractivity contribution in [3.05, 3.63) is 53.6 Å². The predicted octanol–water partition coefficient (Wildman–Crippen LogP) is 3.40. The molecule has 8 nitrogen and oxygen atoms in total. The Kier molecular flexibility index (Phi) is 6.41. The molecular weight excluding hydrogens is 476 g/mol. The van der Waals surface area contributed by atoms with E-state index < -0.39 is 38.4 Å². The van der Waals surface area contributed by atoms with Gasteiger partial charge in [0.25, 0.3) is 0 Å². The lowest BCUT2D eigenvalue weighted by Crippen LogP contribution is -2.41. The van der Waals surface area contributed by atoms with Crippen molar-refractivity contribution in [3.63, 3.8) is 0 Å². The maximum atomic E-state index is 14.0. The van der Waals surface area contributed by atoms with E-state index in [9.17, 15) is 26.8 Å². The van der Waals surface area contributed by atoms with Gasteiger partial charge in [-0.05, 0) is 43.2 Å². The minimum Gasteiger partial charge on any atom is -0.465 e. The first-order valence-electron chi connectivity index (χ1n) is 9.94. The standard InChI is InChI=1S/C21H19F2N3O5S2/c1-31-20(28)13-2-4-16-17(10-13)32-21(24-16)25-19(27)12-6-8-26(9-7-12)33(29,30)18-5-3-14(22)11-15(18)23/h2-5,10-12H,6-9H2,1H3,(H,24,25,27). The number of carbonyl (C=O) groups excluding carboxylic acids is 2. The Balaban J connectivity index is 1.41. The minimum absolute atomic E-state index is 0.0274. The number of methoxy groups -OCH3 is 1. The monoisotopic (exact) mass is 495 g/mol. The van der Waals surface area contributed by atoms with Gasteiger partial charge in [-0.25, -0.2) is 27.0 Å². The SMILES string of the molecule is COC(=O)c1ccc2nc(NC(=O)C3CCN(S(=O)(=O)c4ccc(F)cc4F)CC3)sc2c1. The third-order valence-electron chi connectivity index (χ3n) is 5.38. The molecule has 3 aromatic rings. The fraction of sp³-hybridized carbons (Fsp3) is 0.286. The number of esters is 1. The second-order valence-electron chi connectivity index (χ2n) is 7.44. The summed E-state index contributed by atoms with van der Waals surface area (Å²) >= 11 is 1.21. The average molecular weight is 496 g/mol. The second-order valence-corrected chi connectivity index (χ2v) is 10.4. The summed E-state index contributed by atoms with van der Waals surface area (Å²) in [6.07, 6.45) is 0.483. The van der Waals surface area contributed by atoms with Crippen LogP contribution in [0.3, 0.4) is 0 Å². The van der Waals surface area contributed by atoms with Crippen LogP contribution in [0.2, 0.25) is 0 Å². The number of hydrogen-bond donors (Lipinski definition) is 1. The lowest BCUT2D eigenvalue weighted by atomic mass is 9.97. The molecule has 0 atom stereocenters. The van der Waals surface area contributed by atoms with E-state index in [2.05, 4.69) is 10.3 Å². The smallest absolute Gasteiger partial charge is 0.337 e. The van der Waals surface area contributed by atoms with E-state index in [0.29, 0.717) is 27.0 Å². The molecule has 1 amide bonds. The summed E-state index contributed by atoms with van der Waals surface area (Å²) in [4.78, 5) is 28.1. The quantitative estimate of drug-likeness (QED) is 0.544. The lowest BCUT2D eigenvalue weighted by molar-refractivity contribution is -0.120. The summed E-state index contributed by atoms with van der Waals surface area (Å²) in [7, 11) is -2.85. The molecule has 1 aliphatic rings. The number of ether oxygens (including phenoxy) is 1. The van der Waals surface area contributed by atoms with Crippen LogP contribution >= 0.6 is 11.3 Å². The molecule has 1 aromatic heterocycles. The number of nitrogens with one attached hydrogen (secondary N) is 1. The molecule has 0 aliphatic carbocycles. The maximum absolute atomic E-state index is 14.0. The number of rotatable bonds is 5. The number of thiazole rings is 1. The van der Waals surface area contributed by atoms with Crippen LogP contribution in [0.5, 0.6) is 0 Å². The van der Waals surface area contributed by atoms with Gasteiger partial charge in [-0.15, -0.1) is 0 Å². The molecule has 1 saturated heterocycles. The van der Waals surface area contributed by atoms with Crippen molar-refractivity contribution in [2.75, 3.05) is 25.5 Å². The molecular formula is C21H19F2N3O5S2. The summed E-state index contributed by atoms with van der Waals surface area (Å²) in [5.74, 6) is -3.24. The number of hydrogen-bond acceptors (Lipinski definition) is 7. The number of amides is 1. The number of anilines is 1. The van der Waals surface area contributed by atoms with Crippen LogP contribution in [0.4, 0.5) is 13.9 Å². The molecule has 1 N–H and O–H groups in total. The topological polar surface area (TPSA) is 106 Å². The second kappa shape index (κ2) is 9.12. The number of aromatic nitrogens is 1. The zero-order valence-corrected chi connectivity index (χ0v) is 19.0. The zero-order chi connectivity index (χ0) is 23.8. The van der Waals surface area contributed by atoms with Gasteiger partial charge in [0.2, 0.25) is 15.9 Å². The maximum Gasteiger partial charge on any atom is 0.337 e. The Labute approximate surface area is 192 Å². The Morgan fingerprint density at radius 3 is 2.55 bits per heavy atom. The van der Waals surface area contributed by atoms with Gasteiger partial charge in [0.1, 0.15) is 16.5 Å². The van der Waals surface area contributed by atoms with Crippen molar-refractivity contribution >= 4 is 48.6 Å². The van der Waals surface area contributed by atoms with Crippen LogP contribution < -0.4 is 5.32 Å². The van der Waals surface area contributed by atoms with Gasteiger partial charge in [-0.2, -0.15) is 4.31 Å². The summed E-state index contributed by atoms with van der Waals surface area (Å²) in [6, 6.07) is 7.19. The Morgan fingerprint density at radius 2 is 1.88 bits per heavy atom. The summed E-state index contributed by atoms with van der Waals surface area (Å²) in [5.41, 5.74) is 0.989. The van der Waals surface area contributed by atoms with Gasteiger partial charge in [0.15, 0.2) is 5.13 Å². The fourth-order valence-electron chi connectivity index (χ4n) is 3.61. The summed E-state index contributed by atoms with van der Waals surface area (Å²) in [5, 5.41) is 3.11. The fourth-order valence-corrected chi connectivity index (χ4v) is 6.04. The number of carbonyl (C=O) groups is 2. The van der Waals surface area contributed by atoms with Crippen LogP contribution in [-0.4, -0.2) is 49.8 Å². The first-order valence-corrected chi connectivity index (χ1v) is 12.2. The molecule has 4 rings (SSSR count). The molecule has 2 aromatic carbocycles. The van der Waals surface area contributed by atoms with E-state index in [4.69, 9.17) is 4.74 Å². The molecule has 33 heavy (non-hydrogen) atoms. The van der Waals surface area contributed by atoms with Crippen molar-refractivity contribution in [2.24, 2.45) is 5.92 Å². The summed E-state index contributed by atoms with van der Waals surface area (Å²) in [6.45, 7) is 0.0547. The van der Waals surface area contributed by atoms with Crippen LogP contribution in [0.25, 0.3) is 10.2 Å². The van der Waals surface area contributed by atoms with Crippen LogP contribution in [0.1, 0.15) is 23.2 Å². The highest BCUT2D eigenvalue weighted by atomic mass is 32.2. The van der Waals surface area contributed by atoms with Crippen molar-refractivity contribution in [1.82, 2.24) is 9.29 Å². The van der Waals surface area contributed by atoms with Crippen LogP contribution in [0.15, 0.2) is 41.3 Å². The van der Waals surface area contributed by atoms with E-state index in [0.717, 1.165) is 16.4 Å². The third-order valence-corrected chi connectivity index (χ3v) is 8.24. The van der Waals surface area contributed by atoms with E-state index in [1.54, 1.807) is 18.2 Å². The predicted molar refractivity (Wildman–Crippen MR) is 117 cm³/mol. The van der Waals surface area contributed by atoms with Crippen LogP contribution in [-0.2, 0) is 19.6 Å². The van der Waals surface area contributed by atoms with Gasteiger partial charge in [-0.1, -0.05) is 11.3 Å². The summed E-state index contributed by atoms with van der Waals surface area (Å²) < 4.78 is 59.0. The number of halogens is 2. The van der Waals surface area contributed by atoms with Crippen molar-refractivity contribution in [2.45, 2.75) is 17.7 Å². The van der Waals surface area contributed by atoms with Gasteiger partial charge in [0, 0.05) is 25.1 Å². The van der Waals surface area contributed by atoms with Crippen molar-refractivity contribution < 1.29 is 31.5 Å². The zero-order valence-electron chi connectivity index (χ0n) is 17.4. The van der Waals surface area contributed by atoms with E-state index in [1.807, 2.05) is 0 Å². The number of fused-ring (bicyclic) bond motifs is 1. The molecule has 0 unspecified atom stereocenters. The van der Waals surface area contributed by atoms with Crippen LogP contribution in [0, 0.1) is 17.6 Å². The first kappa shape index (κ1) is 23.2. The van der Waals surface area contributed by atoms with Gasteiger partial charge in [0.05, 0.1) is 22.9 Å². The number of benzene rings is 2. The molecule has 0 bridgehead atoms. The number of piperidine rings is 1. The molecule has 0 spiro atoms. The largest absolute Gasteiger partial charge is 0.465 e. The number of sulfonamides is 1. The van der Waals surface area contributed by atoms with E-state index in [-0.39, 0.29) is 31.8 Å².